The Kier molecular flexibility index (Phi) is 2.46. The van der Waals surface area contributed by atoms with E-state index in [-0.39, 0.29) is 0 Å². The maximum atomic E-state index is 4.77. The third-order valence-corrected chi connectivity index (χ3v) is 4.82. The number of nitrogens with zero attached hydrogens (tertiary/aromatic N) is 2. The van der Waals surface area contributed by atoms with Crippen molar-refractivity contribution in [1.29, 1.82) is 0 Å². The van der Waals surface area contributed by atoms with Crippen molar-refractivity contribution in [1.82, 2.24) is 14.9 Å². The van der Waals surface area contributed by atoms with Gasteiger partial charge in [0.25, 0.3) is 0 Å². The highest BCUT2D eigenvalue weighted by Crippen LogP contribution is 2.44. The zero-order valence-corrected chi connectivity index (χ0v) is 11.7. The lowest BCUT2D eigenvalue weighted by Gasteiger charge is -2.19. The molecule has 4 rings (SSSR count). The highest BCUT2D eigenvalue weighted by molar-refractivity contribution is 5.79. The first-order valence-electron chi connectivity index (χ1n) is 7.49. The topological polar surface area (TPSA) is 29.9 Å². The van der Waals surface area contributed by atoms with Crippen LogP contribution in [0.15, 0.2) is 12.1 Å². The Balaban J connectivity index is 1.93. The molecule has 3 nitrogen and oxygen atoms in total. The summed E-state index contributed by atoms with van der Waals surface area (Å²) >= 11 is 0. The van der Waals surface area contributed by atoms with Gasteiger partial charge in [-0.1, -0.05) is 6.92 Å². The molecule has 2 atom stereocenters. The molecule has 1 N–H and O–H groups in total. The quantitative estimate of drug-likeness (QED) is 0.894. The van der Waals surface area contributed by atoms with Crippen LogP contribution in [0.4, 0.5) is 0 Å². The van der Waals surface area contributed by atoms with Crippen LogP contribution >= 0.6 is 0 Å². The summed E-state index contributed by atoms with van der Waals surface area (Å²) in [6.07, 6.45) is 2.50. The molecule has 2 bridgehead atoms. The van der Waals surface area contributed by atoms with Crippen LogP contribution in [-0.4, -0.2) is 22.6 Å². The highest BCUT2D eigenvalue weighted by Gasteiger charge is 2.34. The zero-order valence-electron chi connectivity index (χ0n) is 11.7. The van der Waals surface area contributed by atoms with Crippen LogP contribution in [-0.2, 0) is 6.54 Å². The summed E-state index contributed by atoms with van der Waals surface area (Å²) in [5, 5.41) is 3.56. The maximum absolute atomic E-state index is 4.77. The van der Waals surface area contributed by atoms with E-state index in [1.807, 2.05) is 0 Å². The molecule has 2 heterocycles. The Morgan fingerprint density at radius 1 is 1.26 bits per heavy atom. The van der Waals surface area contributed by atoms with Crippen molar-refractivity contribution in [3.8, 4) is 0 Å². The maximum Gasteiger partial charge on any atom is 0.106 e. The SMILES string of the molecule is CCCn1c(C)nc2cc3c(cc21)C1CNCC3C1. The number of aryl methyl sites for hydroxylation is 2. The smallest absolute Gasteiger partial charge is 0.106 e. The molecule has 1 saturated heterocycles. The van der Waals surface area contributed by atoms with E-state index in [1.165, 1.54) is 17.5 Å². The van der Waals surface area contributed by atoms with Crippen molar-refractivity contribution in [3.63, 3.8) is 0 Å². The Bertz CT molecular complexity index is 641. The Morgan fingerprint density at radius 2 is 2.00 bits per heavy atom. The fourth-order valence-electron chi connectivity index (χ4n) is 3.95. The molecule has 3 heteroatoms. The number of rotatable bonds is 2. The number of aromatic nitrogens is 2. The Hall–Kier alpha value is -1.35. The summed E-state index contributed by atoms with van der Waals surface area (Å²) < 4.78 is 2.38. The fourth-order valence-corrected chi connectivity index (χ4v) is 3.95. The van der Waals surface area contributed by atoms with E-state index < -0.39 is 0 Å². The van der Waals surface area contributed by atoms with Crippen molar-refractivity contribution in [3.05, 3.63) is 29.1 Å². The minimum atomic E-state index is 0.717. The average molecular weight is 255 g/mol. The van der Waals surface area contributed by atoms with Gasteiger partial charge in [0.2, 0.25) is 0 Å². The second-order valence-electron chi connectivity index (χ2n) is 6.07. The van der Waals surface area contributed by atoms with Gasteiger partial charge in [0.1, 0.15) is 5.82 Å². The first-order valence-corrected chi connectivity index (χ1v) is 7.49. The van der Waals surface area contributed by atoms with Gasteiger partial charge < -0.3 is 9.88 Å². The minimum absolute atomic E-state index is 0.717. The first kappa shape index (κ1) is 11.5. The summed E-state index contributed by atoms with van der Waals surface area (Å²) in [5.74, 6) is 2.60. The highest BCUT2D eigenvalue weighted by atomic mass is 15.1. The molecule has 1 aliphatic heterocycles. The van der Waals surface area contributed by atoms with Gasteiger partial charge in [0, 0.05) is 19.6 Å². The summed E-state index contributed by atoms with van der Waals surface area (Å²) in [7, 11) is 0. The summed E-state index contributed by atoms with van der Waals surface area (Å²) in [6.45, 7) is 7.73. The third kappa shape index (κ3) is 1.57. The molecule has 100 valence electrons. The van der Waals surface area contributed by atoms with Crippen LogP contribution in [0.1, 0.15) is 48.6 Å². The standard InChI is InChI=1S/C16H21N3/c1-3-4-19-10(2)18-15-6-13-11-5-12(9-17-8-11)14(13)7-16(15)19/h6-7,11-12,17H,3-5,8-9H2,1-2H3. The molecule has 1 aromatic heterocycles. The molecule has 0 spiro atoms. The fraction of sp³-hybridized carbons (Fsp3) is 0.562. The van der Waals surface area contributed by atoms with Crippen LogP contribution in [0.3, 0.4) is 0 Å². The molecule has 2 unspecified atom stereocenters. The van der Waals surface area contributed by atoms with E-state index >= 15 is 0 Å². The molecule has 0 radical (unpaired) electrons. The number of hydrogen-bond acceptors (Lipinski definition) is 2. The summed E-state index contributed by atoms with van der Waals surface area (Å²) in [4.78, 5) is 4.77. The van der Waals surface area contributed by atoms with E-state index in [0.717, 1.165) is 43.7 Å². The van der Waals surface area contributed by atoms with Gasteiger partial charge in [-0.05, 0) is 54.9 Å². The molecule has 1 aromatic carbocycles. The van der Waals surface area contributed by atoms with E-state index in [0.29, 0.717) is 0 Å². The largest absolute Gasteiger partial charge is 0.328 e. The lowest BCUT2D eigenvalue weighted by atomic mass is 9.98. The van der Waals surface area contributed by atoms with Crippen LogP contribution in [0.2, 0.25) is 0 Å². The lowest BCUT2D eigenvalue weighted by Crippen LogP contribution is -2.28. The molecule has 1 fully saturated rings. The molecule has 2 aliphatic rings. The Labute approximate surface area is 114 Å². The van der Waals surface area contributed by atoms with Crippen LogP contribution in [0, 0.1) is 6.92 Å². The van der Waals surface area contributed by atoms with Crippen molar-refractivity contribution >= 4 is 11.0 Å². The monoisotopic (exact) mass is 255 g/mol. The number of piperidine rings is 1. The van der Waals surface area contributed by atoms with Crippen molar-refractivity contribution in [2.75, 3.05) is 13.1 Å². The predicted molar refractivity (Wildman–Crippen MR) is 77.7 cm³/mol. The molecule has 2 aromatic rings. The summed E-state index contributed by atoms with van der Waals surface area (Å²) in [5.41, 5.74) is 5.67. The van der Waals surface area contributed by atoms with Gasteiger partial charge in [0.05, 0.1) is 11.0 Å². The summed E-state index contributed by atoms with van der Waals surface area (Å²) in [6, 6.07) is 4.79. The number of nitrogens with one attached hydrogen (secondary N) is 1. The molecule has 0 amide bonds. The molecular formula is C16H21N3. The van der Waals surface area contributed by atoms with Crippen LogP contribution in [0.5, 0.6) is 0 Å². The average Bonchev–Trinajstić information content (AvgIpc) is 2.85. The second kappa shape index (κ2) is 4.07. The normalized spacial score (nSPS) is 24.9. The second-order valence-corrected chi connectivity index (χ2v) is 6.07. The van der Waals surface area contributed by atoms with Gasteiger partial charge >= 0.3 is 0 Å². The number of imidazole rings is 1. The van der Waals surface area contributed by atoms with Gasteiger partial charge in [0.15, 0.2) is 0 Å². The van der Waals surface area contributed by atoms with Crippen molar-refractivity contribution in [2.24, 2.45) is 0 Å². The number of hydrogen-bond donors (Lipinski definition) is 1. The van der Waals surface area contributed by atoms with Crippen molar-refractivity contribution in [2.45, 2.75) is 45.1 Å². The van der Waals surface area contributed by atoms with Crippen molar-refractivity contribution < 1.29 is 0 Å². The third-order valence-electron chi connectivity index (χ3n) is 4.82. The lowest BCUT2D eigenvalue weighted by molar-refractivity contribution is 0.454. The van der Waals surface area contributed by atoms with E-state index in [9.17, 15) is 0 Å². The zero-order chi connectivity index (χ0) is 13.0. The first-order chi connectivity index (χ1) is 9.28. The van der Waals surface area contributed by atoms with Gasteiger partial charge in [-0.15, -0.1) is 0 Å². The van der Waals surface area contributed by atoms with Crippen LogP contribution < -0.4 is 5.32 Å². The number of benzene rings is 1. The molecule has 1 aliphatic carbocycles. The van der Waals surface area contributed by atoms with E-state index in [4.69, 9.17) is 4.98 Å². The van der Waals surface area contributed by atoms with Gasteiger partial charge in [-0.2, -0.15) is 0 Å². The molecule has 19 heavy (non-hydrogen) atoms. The molecular weight excluding hydrogens is 234 g/mol. The van der Waals surface area contributed by atoms with Crippen LogP contribution in [0.25, 0.3) is 11.0 Å². The minimum Gasteiger partial charge on any atom is -0.328 e. The van der Waals surface area contributed by atoms with Gasteiger partial charge in [-0.25, -0.2) is 4.98 Å². The van der Waals surface area contributed by atoms with E-state index in [2.05, 4.69) is 35.9 Å². The Morgan fingerprint density at radius 3 is 2.74 bits per heavy atom. The predicted octanol–water partition coefficient (Wildman–Crippen LogP) is 2.93. The molecule has 0 saturated carbocycles. The van der Waals surface area contributed by atoms with Gasteiger partial charge in [-0.3, -0.25) is 0 Å². The van der Waals surface area contributed by atoms with E-state index in [1.54, 1.807) is 11.1 Å². The number of fused-ring (bicyclic) bond motifs is 6.